The molecule has 0 aliphatic carbocycles. The van der Waals surface area contributed by atoms with Crippen LogP contribution in [0.4, 0.5) is 0 Å². The summed E-state index contributed by atoms with van der Waals surface area (Å²) in [4.78, 5) is 15.4. The molecule has 8 heteroatoms. The molecule has 0 bridgehead atoms. The maximum Gasteiger partial charge on any atom is 0.259 e. The van der Waals surface area contributed by atoms with Crippen molar-refractivity contribution >= 4 is 14.3 Å². The molecule has 0 aromatic heterocycles. The van der Waals surface area contributed by atoms with Crippen molar-refractivity contribution in [3.05, 3.63) is 11.4 Å². The number of carbonyl (C=O) groups is 1. The van der Waals surface area contributed by atoms with Crippen molar-refractivity contribution in [3.63, 3.8) is 0 Å². The molecule has 0 rings (SSSR count). The monoisotopic (exact) mass is 415 g/mol. The molecule has 0 saturated heterocycles. The standard InChI is InChI=1S/C20H35N2O5P/c1-8-10-24-12-13-25-16-20(23)14-19(6)15-27-28(26-11-9-21-7)22(17(2)3)18(4)5/h1,17-19H,9-16H2,2-6H3/i6D. The lowest BCUT2D eigenvalue weighted by molar-refractivity contribution is -0.125. The molecule has 2 unspecified atom stereocenters. The minimum absolute atomic E-state index is 0.0176. The molecule has 0 aromatic rings. The van der Waals surface area contributed by atoms with Gasteiger partial charge in [-0.2, -0.15) is 0 Å². The highest BCUT2D eigenvalue weighted by molar-refractivity contribution is 7.44. The van der Waals surface area contributed by atoms with Gasteiger partial charge in [0.05, 0.1) is 19.8 Å². The molecule has 0 heterocycles. The van der Waals surface area contributed by atoms with Gasteiger partial charge in [0.2, 0.25) is 6.54 Å². The Morgan fingerprint density at radius 3 is 2.46 bits per heavy atom. The Kier molecular flexibility index (Phi) is 15.0. The second kappa shape index (κ2) is 16.9. The molecule has 0 amide bonds. The topological polar surface area (TPSA) is 61.6 Å². The van der Waals surface area contributed by atoms with Gasteiger partial charge in [-0.15, -0.1) is 6.42 Å². The lowest BCUT2D eigenvalue weighted by atomic mass is 10.1. The van der Waals surface area contributed by atoms with Crippen LogP contribution in [0.5, 0.6) is 0 Å². The minimum Gasteiger partial charge on any atom is -0.371 e. The van der Waals surface area contributed by atoms with Crippen LogP contribution in [-0.4, -0.2) is 68.7 Å². The van der Waals surface area contributed by atoms with Crippen LogP contribution in [-0.2, 0) is 23.3 Å². The zero-order chi connectivity index (χ0) is 22.1. The third-order valence-electron chi connectivity index (χ3n) is 3.41. The summed E-state index contributed by atoms with van der Waals surface area (Å²) in [5, 5.41) is 0. The fourth-order valence-corrected chi connectivity index (χ4v) is 4.02. The van der Waals surface area contributed by atoms with E-state index in [9.17, 15) is 4.79 Å². The molecule has 0 radical (unpaired) electrons. The zero-order valence-electron chi connectivity index (χ0n) is 18.6. The van der Waals surface area contributed by atoms with Crippen molar-refractivity contribution in [3.8, 4) is 12.3 Å². The van der Waals surface area contributed by atoms with E-state index >= 15 is 0 Å². The van der Waals surface area contributed by atoms with Gasteiger partial charge in [0, 0.05) is 19.9 Å². The summed E-state index contributed by atoms with van der Waals surface area (Å²) in [5.41, 5.74) is 0. The van der Waals surface area contributed by atoms with E-state index in [4.69, 9.17) is 32.9 Å². The summed E-state index contributed by atoms with van der Waals surface area (Å²) in [6.45, 7) is 16.9. The van der Waals surface area contributed by atoms with Crippen molar-refractivity contribution < 1.29 is 24.7 Å². The van der Waals surface area contributed by atoms with E-state index in [0.717, 1.165) is 0 Å². The molecular formula is C20H35N2O5P. The van der Waals surface area contributed by atoms with Crippen LogP contribution in [0.3, 0.4) is 0 Å². The van der Waals surface area contributed by atoms with Gasteiger partial charge in [0.15, 0.2) is 5.78 Å². The van der Waals surface area contributed by atoms with Crippen molar-refractivity contribution in [2.24, 2.45) is 5.92 Å². The zero-order valence-corrected chi connectivity index (χ0v) is 18.5. The number of terminal acetylenes is 1. The molecule has 0 spiro atoms. The lowest BCUT2D eigenvalue weighted by Gasteiger charge is -2.35. The van der Waals surface area contributed by atoms with Gasteiger partial charge in [-0.3, -0.25) is 4.79 Å². The Morgan fingerprint density at radius 1 is 1.21 bits per heavy atom. The third-order valence-corrected chi connectivity index (χ3v) is 5.48. The molecule has 0 aliphatic heterocycles. The molecular weight excluding hydrogens is 379 g/mol. The maximum atomic E-state index is 12.1. The number of nitrogens with zero attached hydrogens (tertiary/aromatic N) is 2. The Hall–Kier alpha value is -1.05. The molecule has 0 aliphatic rings. The van der Waals surface area contributed by atoms with E-state index in [0.29, 0.717) is 19.8 Å². The van der Waals surface area contributed by atoms with E-state index in [-0.39, 0.29) is 63.5 Å². The molecule has 0 aromatic carbocycles. The quantitative estimate of drug-likeness (QED) is 0.157. The summed E-state index contributed by atoms with van der Waals surface area (Å²) in [6, 6.07) is 0.408. The summed E-state index contributed by atoms with van der Waals surface area (Å²) in [6.07, 6.45) is 5.29. The Morgan fingerprint density at radius 2 is 1.89 bits per heavy atom. The molecule has 160 valence electrons. The van der Waals surface area contributed by atoms with Gasteiger partial charge >= 0.3 is 0 Å². The lowest BCUT2D eigenvalue weighted by Crippen LogP contribution is -2.34. The van der Waals surface area contributed by atoms with E-state index in [1.165, 1.54) is 0 Å². The van der Waals surface area contributed by atoms with Crippen LogP contribution in [0.1, 0.15) is 42.4 Å². The van der Waals surface area contributed by atoms with E-state index < -0.39 is 8.53 Å². The fourth-order valence-electron chi connectivity index (χ4n) is 2.35. The second-order valence-electron chi connectivity index (χ2n) is 6.73. The average molecular weight is 415 g/mol. The number of carbonyl (C=O) groups excluding carboxylic acids is 1. The summed E-state index contributed by atoms with van der Waals surface area (Å²) >= 11 is 0. The smallest absolute Gasteiger partial charge is 0.259 e. The highest BCUT2D eigenvalue weighted by Crippen LogP contribution is 2.46. The molecule has 2 atom stereocenters. The number of hydrogen-bond acceptors (Lipinski definition) is 6. The second-order valence-corrected chi connectivity index (χ2v) is 8.19. The normalized spacial score (nSPS) is 14.0. The van der Waals surface area contributed by atoms with Crippen LogP contribution in [0.15, 0.2) is 0 Å². The SMILES string of the molecule is [2H]CC(COP(OCC[N+]#[C-])N(C(C)C)C(C)C)CC(=O)COCCOCC#C. The van der Waals surface area contributed by atoms with Crippen molar-refractivity contribution in [1.29, 1.82) is 0 Å². The van der Waals surface area contributed by atoms with Crippen LogP contribution in [0.25, 0.3) is 4.85 Å². The van der Waals surface area contributed by atoms with E-state index in [2.05, 4.69) is 43.1 Å². The van der Waals surface area contributed by atoms with Gasteiger partial charge in [-0.25, -0.2) is 11.2 Å². The molecule has 28 heavy (non-hydrogen) atoms. The first-order valence-corrected chi connectivity index (χ1v) is 10.6. The van der Waals surface area contributed by atoms with Gasteiger partial charge in [-0.1, -0.05) is 12.8 Å². The Bertz CT molecular complexity index is 514. The van der Waals surface area contributed by atoms with Gasteiger partial charge < -0.3 is 23.4 Å². The minimum atomic E-state index is -1.37. The maximum absolute atomic E-state index is 12.1. The van der Waals surface area contributed by atoms with Crippen molar-refractivity contribution in [1.82, 2.24) is 4.67 Å². The highest BCUT2D eigenvalue weighted by Gasteiger charge is 2.28. The highest BCUT2D eigenvalue weighted by atomic mass is 31.2. The van der Waals surface area contributed by atoms with Crippen molar-refractivity contribution in [2.45, 2.75) is 53.1 Å². The Labute approximate surface area is 173 Å². The van der Waals surface area contributed by atoms with E-state index in [1.807, 2.05) is 0 Å². The predicted octanol–water partition coefficient (Wildman–Crippen LogP) is 3.55. The first-order chi connectivity index (χ1) is 13.9. The van der Waals surface area contributed by atoms with Crippen LogP contribution < -0.4 is 0 Å². The predicted molar refractivity (Wildman–Crippen MR) is 112 cm³/mol. The molecule has 0 saturated carbocycles. The Balaban J connectivity index is 4.54. The largest absolute Gasteiger partial charge is 0.371 e. The third kappa shape index (κ3) is 13.2. The molecule has 0 fully saturated rings. The molecule has 0 N–H and O–H groups in total. The first-order valence-electron chi connectivity index (χ1n) is 10.1. The number of Topliss-reactive ketones (excluding diaryl/α,β-unsaturated/α-hetero) is 1. The number of hydrogen-bond donors (Lipinski definition) is 0. The van der Waals surface area contributed by atoms with Crippen molar-refractivity contribution in [2.75, 3.05) is 46.2 Å². The summed E-state index contributed by atoms with van der Waals surface area (Å²) in [5.74, 6) is 2.04. The molecule has 7 nitrogen and oxygen atoms in total. The number of ketones is 1. The van der Waals surface area contributed by atoms with Crippen LogP contribution in [0.2, 0.25) is 0 Å². The van der Waals surface area contributed by atoms with Gasteiger partial charge in [0.25, 0.3) is 8.53 Å². The fraction of sp³-hybridized carbons (Fsp3) is 0.800. The van der Waals surface area contributed by atoms with Crippen LogP contribution in [0, 0.1) is 24.8 Å². The van der Waals surface area contributed by atoms with Gasteiger partial charge in [0.1, 0.15) is 19.8 Å². The summed E-state index contributed by atoms with van der Waals surface area (Å²) in [7, 11) is -1.37. The summed E-state index contributed by atoms with van der Waals surface area (Å²) < 4.78 is 32.1. The van der Waals surface area contributed by atoms with Crippen LogP contribution >= 0.6 is 8.53 Å². The van der Waals surface area contributed by atoms with Gasteiger partial charge in [-0.05, 0) is 33.6 Å². The van der Waals surface area contributed by atoms with E-state index in [1.54, 1.807) is 0 Å². The number of ether oxygens (including phenoxy) is 2. The first kappa shape index (κ1) is 25.0. The number of rotatable bonds is 17. The average Bonchev–Trinajstić information content (AvgIpc) is 2.66.